The number of hydrogen-bond donors (Lipinski definition) is 2. The summed E-state index contributed by atoms with van der Waals surface area (Å²) in [5, 5.41) is 11.6. The number of aryl methyl sites for hydroxylation is 2. The van der Waals surface area contributed by atoms with Crippen LogP contribution in [0.2, 0.25) is 0 Å². The van der Waals surface area contributed by atoms with Crippen molar-refractivity contribution >= 4 is 11.8 Å². The van der Waals surface area contributed by atoms with Gasteiger partial charge in [-0.2, -0.15) is 13.2 Å². The standard InChI is InChI=1S/C33H31F3N2O5/c1-2-29-26(38-31(43-29)24-12-7-4-8-13-24)14-9-19-42-25-17-15-22(16-18-25)20-27(32(40)41)37-30(33(34,35)36)21-28(39)23-10-5-3-6-11-23/h3-8,10-13,15-18,21,27,37H,2,9,14,19-20H2,1H3,(H,40,41)/t27-/m0/s1. The predicted octanol–water partition coefficient (Wildman–Crippen LogP) is 6.83. The fraction of sp³-hybridized carbons (Fsp3) is 0.242. The van der Waals surface area contributed by atoms with E-state index in [1.54, 1.807) is 30.3 Å². The molecule has 4 aromatic rings. The summed E-state index contributed by atoms with van der Waals surface area (Å²) in [4.78, 5) is 28.8. The van der Waals surface area contributed by atoms with Crippen LogP contribution in [0.25, 0.3) is 11.5 Å². The van der Waals surface area contributed by atoms with Crippen LogP contribution in [-0.4, -0.2) is 40.7 Å². The molecule has 1 aromatic heterocycles. The van der Waals surface area contributed by atoms with E-state index in [1.165, 1.54) is 24.3 Å². The van der Waals surface area contributed by atoms with Crippen molar-refractivity contribution in [2.24, 2.45) is 0 Å². The Bertz CT molecular complexity index is 1530. The van der Waals surface area contributed by atoms with Crippen LogP contribution in [-0.2, 0) is 24.1 Å². The SMILES string of the molecule is CCc1oc(-c2ccccc2)nc1CCCOc1ccc(C[C@H](NC(=CC(=O)c2ccccc2)C(F)(F)F)C(=O)O)cc1. The highest BCUT2D eigenvalue weighted by atomic mass is 19.4. The van der Waals surface area contributed by atoms with Crippen LogP contribution in [0.3, 0.4) is 0 Å². The van der Waals surface area contributed by atoms with E-state index in [-0.39, 0.29) is 12.0 Å². The maximum atomic E-state index is 13.7. The number of alkyl halides is 3. The Kier molecular flexibility index (Phi) is 10.4. The predicted molar refractivity (Wildman–Crippen MR) is 155 cm³/mol. The van der Waals surface area contributed by atoms with E-state index in [1.807, 2.05) is 42.6 Å². The van der Waals surface area contributed by atoms with Crippen molar-refractivity contribution in [3.8, 4) is 17.2 Å². The lowest BCUT2D eigenvalue weighted by molar-refractivity contribution is -0.140. The van der Waals surface area contributed by atoms with Gasteiger partial charge in [-0.15, -0.1) is 0 Å². The highest BCUT2D eigenvalue weighted by molar-refractivity contribution is 6.05. The van der Waals surface area contributed by atoms with E-state index in [2.05, 4.69) is 4.98 Å². The van der Waals surface area contributed by atoms with E-state index < -0.39 is 29.7 Å². The first kappa shape index (κ1) is 31.1. The topological polar surface area (TPSA) is 102 Å². The number of allylic oxidation sites excluding steroid dienone is 2. The first-order valence-electron chi connectivity index (χ1n) is 13.8. The maximum absolute atomic E-state index is 13.7. The molecule has 0 spiro atoms. The van der Waals surface area contributed by atoms with Gasteiger partial charge in [-0.1, -0.05) is 67.6 Å². The lowest BCUT2D eigenvalue weighted by Gasteiger charge is -2.20. The van der Waals surface area contributed by atoms with Crippen LogP contribution >= 0.6 is 0 Å². The highest BCUT2D eigenvalue weighted by Crippen LogP contribution is 2.26. The number of ketones is 1. The van der Waals surface area contributed by atoms with Crippen molar-refractivity contribution in [1.29, 1.82) is 0 Å². The van der Waals surface area contributed by atoms with Crippen LogP contribution in [0.5, 0.6) is 5.75 Å². The minimum Gasteiger partial charge on any atom is -0.494 e. The summed E-state index contributed by atoms with van der Waals surface area (Å²) in [5.74, 6) is -0.431. The van der Waals surface area contributed by atoms with Crippen LogP contribution in [0.4, 0.5) is 13.2 Å². The second-order valence-corrected chi connectivity index (χ2v) is 9.73. The number of nitrogens with one attached hydrogen (secondary N) is 1. The van der Waals surface area contributed by atoms with Gasteiger partial charge in [0, 0.05) is 30.0 Å². The Morgan fingerprint density at radius 3 is 2.26 bits per heavy atom. The fourth-order valence-electron chi connectivity index (χ4n) is 4.36. The molecular weight excluding hydrogens is 561 g/mol. The quantitative estimate of drug-likeness (QED) is 0.0940. The second-order valence-electron chi connectivity index (χ2n) is 9.73. The number of halogens is 3. The van der Waals surface area contributed by atoms with Crippen molar-refractivity contribution in [2.45, 2.75) is 44.8 Å². The number of aromatic nitrogens is 1. The van der Waals surface area contributed by atoms with Crippen molar-refractivity contribution in [2.75, 3.05) is 6.61 Å². The number of hydrogen-bond acceptors (Lipinski definition) is 6. The molecule has 4 rings (SSSR count). The Morgan fingerprint density at radius 1 is 1.00 bits per heavy atom. The molecule has 0 unspecified atom stereocenters. The van der Waals surface area contributed by atoms with Gasteiger partial charge in [-0.05, 0) is 42.7 Å². The van der Waals surface area contributed by atoms with Crippen LogP contribution in [0.1, 0.15) is 40.7 Å². The minimum atomic E-state index is -4.96. The molecule has 1 atom stereocenters. The number of nitrogens with zero attached hydrogens (tertiary/aromatic N) is 1. The average Bonchev–Trinajstić information content (AvgIpc) is 3.42. The number of rotatable bonds is 14. The van der Waals surface area contributed by atoms with Gasteiger partial charge in [-0.25, -0.2) is 9.78 Å². The molecule has 0 bridgehead atoms. The molecule has 7 nitrogen and oxygen atoms in total. The fourth-order valence-corrected chi connectivity index (χ4v) is 4.36. The van der Waals surface area contributed by atoms with Gasteiger partial charge in [0.25, 0.3) is 0 Å². The normalized spacial score (nSPS) is 12.5. The van der Waals surface area contributed by atoms with Crippen molar-refractivity contribution < 1.29 is 37.0 Å². The number of carbonyl (C=O) groups is 2. The summed E-state index contributed by atoms with van der Waals surface area (Å²) in [6.07, 6.45) is -2.78. The summed E-state index contributed by atoms with van der Waals surface area (Å²) in [5.41, 5.74) is 0.892. The molecule has 0 radical (unpaired) electrons. The Morgan fingerprint density at radius 2 is 1.65 bits per heavy atom. The van der Waals surface area contributed by atoms with Gasteiger partial charge in [-0.3, -0.25) is 4.79 Å². The Balaban J connectivity index is 1.33. The molecule has 224 valence electrons. The Hall–Kier alpha value is -4.86. The summed E-state index contributed by atoms with van der Waals surface area (Å²) < 4.78 is 52.8. The number of carboxylic acids is 1. The molecule has 0 saturated heterocycles. The Labute approximate surface area is 247 Å². The van der Waals surface area contributed by atoms with Crippen LogP contribution < -0.4 is 10.1 Å². The van der Waals surface area contributed by atoms with Gasteiger partial charge >= 0.3 is 12.1 Å². The third kappa shape index (κ3) is 8.81. The largest absolute Gasteiger partial charge is 0.494 e. The van der Waals surface area contributed by atoms with Gasteiger partial charge in [0.15, 0.2) is 5.78 Å². The molecule has 1 heterocycles. The first-order valence-corrected chi connectivity index (χ1v) is 13.8. The van der Waals surface area contributed by atoms with Crippen molar-refractivity contribution in [3.05, 3.63) is 119 Å². The van der Waals surface area contributed by atoms with Gasteiger partial charge in [0.05, 0.1) is 12.3 Å². The molecule has 3 aromatic carbocycles. The third-order valence-electron chi connectivity index (χ3n) is 6.58. The molecule has 43 heavy (non-hydrogen) atoms. The molecular formula is C33H31F3N2O5. The zero-order chi connectivity index (χ0) is 30.8. The highest BCUT2D eigenvalue weighted by Gasteiger charge is 2.37. The zero-order valence-electron chi connectivity index (χ0n) is 23.4. The number of ether oxygens (including phenoxy) is 1. The molecule has 0 aliphatic carbocycles. The smallest absolute Gasteiger partial charge is 0.431 e. The maximum Gasteiger partial charge on any atom is 0.431 e. The molecule has 10 heteroatoms. The molecule has 0 aliphatic heterocycles. The average molecular weight is 593 g/mol. The molecule has 0 aliphatic rings. The van der Waals surface area contributed by atoms with Gasteiger partial charge in [0.2, 0.25) is 5.89 Å². The first-order chi connectivity index (χ1) is 20.6. The molecule has 0 amide bonds. The van der Waals surface area contributed by atoms with E-state index in [0.29, 0.717) is 49.1 Å². The lowest BCUT2D eigenvalue weighted by atomic mass is 10.0. The number of oxazole rings is 1. The van der Waals surface area contributed by atoms with E-state index in [0.717, 1.165) is 17.0 Å². The summed E-state index contributed by atoms with van der Waals surface area (Å²) >= 11 is 0. The minimum absolute atomic E-state index is 0.0530. The van der Waals surface area contributed by atoms with E-state index >= 15 is 0 Å². The molecule has 0 fully saturated rings. The number of carbonyl (C=O) groups excluding carboxylic acids is 1. The second kappa shape index (κ2) is 14.4. The lowest BCUT2D eigenvalue weighted by Crippen LogP contribution is -2.42. The van der Waals surface area contributed by atoms with Crippen LogP contribution in [0.15, 0.2) is 101 Å². The summed E-state index contributed by atoms with van der Waals surface area (Å²) in [7, 11) is 0. The van der Waals surface area contributed by atoms with Gasteiger partial charge in [0.1, 0.15) is 23.2 Å². The van der Waals surface area contributed by atoms with E-state index in [9.17, 15) is 27.9 Å². The number of aliphatic carboxylic acids is 1. The molecule has 0 saturated carbocycles. The van der Waals surface area contributed by atoms with Gasteiger partial charge < -0.3 is 19.6 Å². The van der Waals surface area contributed by atoms with Crippen molar-refractivity contribution in [1.82, 2.24) is 10.3 Å². The van der Waals surface area contributed by atoms with E-state index in [4.69, 9.17) is 9.15 Å². The van der Waals surface area contributed by atoms with Crippen LogP contribution in [0, 0.1) is 0 Å². The zero-order valence-corrected chi connectivity index (χ0v) is 23.4. The molecule has 2 N–H and O–H groups in total. The number of carboxylic acid groups (broad SMARTS) is 1. The third-order valence-corrected chi connectivity index (χ3v) is 6.58. The number of benzene rings is 3. The summed E-state index contributed by atoms with van der Waals surface area (Å²) in [6, 6.07) is 21.9. The monoisotopic (exact) mass is 592 g/mol. The summed E-state index contributed by atoms with van der Waals surface area (Å²) in [6.45, 7) is 2.40. The van der Waals surface area contributed by atoms with Crippen molar-refractivity contribution in [3.63, 3.8) is 0 Å².